The fraction of sp³-hybridized carbons (Fsp3) is 0.941. The van der Waals surface area contributed by atoms with Crippen molar-refractivity contribution >= 4 is 5.91 Å². The lowest BCUT2D eigenvalue weighted by Gasteiger charge is -2.37. The summed E-state index contributed by atoms with van der Waals surface area (Å²) >= 11 is 0. The Morgan fingerprint density at radius 2 is 1.85 bits per heavy atom. The van der Waals surface area contributed by atoms with E-state index in [0.717, 1.165) is 12.8 Å². The Balaban J connectivity index is 1.87. The molecule has 116 valence electrons. The van der Waals surface area contributed by atoms with Crippen molar-refractivity contribution in [3.05, 3.63) is 0 Å². The molecular formula is C17H32N2O. The van der Waals surface area contributed by atoms with Crippen molar-refractivity contribution in [3.63, 3.8) is 0 Å². The normalized spacial score (nSPS) is 29.9. The molecule has 3 N–H and O–H groups in total. The maximum atomic E-state index is 12.4. The lowest BCUT2D eigenvalue weighted by atomic mass is 9.71. The van der Waals surface area contributed by atoms with Crippen molar-refractivity contribution < 1.29 is 4.79 Å². The first-order chi connectivity index (χ1) is 9.69. The average Bonchev–Trinajstić information content (AvgIpc) is 2.48. The van der Waals surface area contributed by atoms with Crippen LogP contribution < -0.4 is 11.1 Å². The molecule has 2 saturated carbocycles. The van der Waals surface area contributed by atoms with Gasteiger partial charge in [-0.1, -0.05) is 45.4 Å². The van der Waals surface area contributed by atoms with Crippen molar-refractivity contribution in [2.24, 2.45) is 17.1 Å². The summed E-state index contributed by atoms with van der Waals surface area (Å²) in [6.07, 6.45) is 13.0. The maximum absolute atomic E-state index is 12.4. The highest BCUT2D eigenvalue weighted by atomic mass is 16.1. The van der Waals surface area contributed by atoms with Gasteiger partial charge in [0.25, 0.3) is 0 Å². The molecule has 0 spiro atoms. The molecule has 20 heavy (non-hydrogen) atoms. The summed E-state index contributed by atoms with van der Waals surface area (Å²) in [5.41, 5.74) is 6.09. The van der Waals surface area contributed by atoms with Crippen molar-refractivity contribution in [2.45, 2.75) is 83.6 Å². The van der Waals surface area contributed by atoms with Crippen molar-refractivity contribution in [1.82, 2.24) is 5.32 Å². The molecule has 0 aromatic carbocycles. The number of carbonyl (C=O) groups excluding carboxylic acids is 1. The van der Waals surface area contributed by atoms with Crippen LogP contribution in [0.15, 0.2) is 0 Å². The van der Waals surface area contributed by atoms with Gasteiger partial charge in [-0.05, 0) is 43.6 Å². The molecule has 0 radical (unpaired) electrons. The first-order valence-corrected chi connectivity index (χ1v) is 8.68. The predicted octanol–water partition coefficient (Wildman–Crippen LogP) is 3.37. The summed E-state index contributed by atoms with van der Waals surface area (Å²) in [7, 11) is 0. The van der Waals surface area contributed by atoms with Gasteiger partial charge in [0.15, 0.2) is 0 Å². The fourth-order valence-corrected chi connectivity index (χ4v) is 4.24. The number of carbonyl (C=O) groups is 1. The van der Waals surface area contributed by atoms with Gasteiger partial charge in [0.2, 0.25) is 5.91 Å². The zero-order chi connectivity index (χ0) is 14.4. The smallest absolute Gasteiger partial charge is 0.220 e. The second-order valence-electron chi connectivity index (χ2n) is 7.07. The Labute approximate surface area is 124 Å². The van der Waals surface area contributed by atoms with E-state index in [1.165, 1.54) is 51.4 Å². The third kappa shape index (κ3) is 3.97. The van der Waals surface area contributed by atoms with Gasteiger partial charge in [-0.2, -0.15) is 0 Å². The third-order valence-electron chi connectivity index (χ3n) is 5.66. The van der Waals surface area contributed by atoms with Crippen LogP contribution in [0.3, 0.4) is 0 Å². The number of nitrogens with two attached hydrogens (primary N) is 1. The Morgan fingerprint density at radius 3 is 2.50 bits per heavy atom. The van der Waals surface area contributed by atoms with E-state index in [4.69, 9.17) is 5.73 Å². The molecule has 2 aliphatic rings. The molecule has 0 aromatic rings. The predicted molar refractivity (Wildman–Crippen MR) is 83.4 cm³/mol. The summed E-state index contributed by atoms with van der Waals surface area (Å²) in [6.45, 7) is 2.92. The summed E-state index contributed by atoms with van der Waals surface area (Å²) < 4.78 is 0. The van der Waals surface area contributed by atoms with Crippen molar-refractivity contribution in [2.75, 3.05) is 6.54 Å². The van der Waals surface area contributed by atoms with Crippen LogP contribution in [0.25, 0.3) is 0 Å². The second-order valence-corrected chi connectivity index (χ2v) is 7.07. The molecule has 2 atom stereocenters. The molecule has 0 bridgehead atoms. The monoisotopic (exact) mass is 280 g/mol. The number of amides is 1. The molecule has 2 fully saturated rings. The Kier molecular flexibility index (Phi) is 5.88. The van der Waals surface area contributed by atoms with E-state index in [2.05, 4.69) is 12.2 Å². The number of hydrogen-bond donors (Lipinski definition) is 2. The van der Waals surface area contributed by atoms with Crippen LogP contribution in [-0.4, -0.2) is 18.5 Å². The third-order valence-corrected chi connectivity index (χ3v) is 5.66. The van der Waals surface area contributed by atoms with Crippen LogP contribution in [0.2, 0.25) is 0 Å². The van der Waals surface area contributed by atoms with E-state index < -0.39 is 0 Å². The summed E-state index contributed by atoms with van der Waals surface area (Å²) in [5.74, 6) is 0.940. The van der Waals surface area contributed by atoms with Gasteiger partial charge in [-0.3, -0.25) is 4.79 Å². The minimum absolute atomic E-state index is 0.0959. The molecular weight excluding hydrogens is 248 g/mol. The van der Waals surface area contributed by atoms with Gasteiger partial charge in [-0.15, -0.1) is 0 Å². The first-order valence-electron chi connectivity index (χ1n) is 8.68. The van der Waals surface area contributed by atoms with Crippen LogP contribution in [0.1, 0.15) is 77.6 Å². The molecule has 0 heterocycles. The van der Waals surface area contributed by atoms with Crippen LogP contribution in [0.5, 0.6) is 0 Å². The maximum Gasteiger partial charge on any atom is 0.220 e. The number of hydrogen-bond acceptors (Lipinski definition) is 2. The summed E-state index contributed by atoms with van der Waals surface area (Å²) in [4.78, 5) is 12.4. The number of nitrogens with one attached hydrogen (secondary N) is 1. The molecule has 1 amide bonds. The highest BCUT2D eigenvalue weighted by molar-refractivity contribution is 5.77. The largest absolute Gasteiger partial charge is 0.353 e. The van der Waals surface area contributed by atoms with Crippen LogP contribution in [0.4, 0.5) is 0 Å². The first kappa shape index (κ1) is 15.8. The van der Waals surface area contributed by atoms with E-state index in [1.807, 2.05) is 0 Å². The number of rotatable bonds is 5. The Hall–Kier alpha value is -0.570. The lowest BCUT2D eigenvalue weighted by molar-refractivity contribution is -0.125. The second kappa shape index (κ2) is 7.44. The van der Waals surface area contributed by atoms with Crippen molar-refractivity contribution in [3.8, 4) is 0 Å². The summed E-state index contributed by atoms with van der Waals surface area (Å²) in [6, 6.07) is 0.416. The molecule has 0 aliphatic heterocycles. The van der Waals surface area contributed by atoms with Crippen LogP contribution in [-0.2, 0) is 4.79 Å². The van der Waals surface area contributed by atoms with Gasteiger partial charge < -0.3 is 11.1 Å². The van der Waals surface area contributed by atoms with Crippen molar-refractivity contribution in [1.29, 1.82) is 0 Å². The topological polar surface area (TPSA) is 55.1 Å². The highest BCUT2D eigenvalue weighted by Gasteiger charge is 2.34. The summed E-state index contributed by atoms with van der Waals surface area (Å²) in [5, 5.41) is 3.33. The highest BCUT2D eigenvalue weighted by Crippen LogP contribution is 2.38. The molecule has 0 aromatic heterocycles. The zero-order valence-corrected chi connectivity index (χ0v) is 13.1. The van der Waals surface area contributed by atoms with Gasteiger partial charge in [0, 0.05) is 12.5 Å². The van der Waals surface area contributed by atoms with Crippen LogP contribution in [0, 0.1) is 11.3 Å². The van der Waals surface area contributed by atoms with Gasteiger partial charge in [0.1, 0.15) is 0 Å². The van der Waals surface area contributed by atoms with E-state index >= 15 is 0 Å². The quantitative estimate of drug-likeness (QED) is 0.811. The van der Waals surface area contributed by atoms with Crippen LogP contribution >= 0.6 is 0 Å². The lowest BCUT2D eigenvalue weighted by Crippen LogP contribution is -2.45. The van der Waals surface area contributed by atoms with E-state index in [-0.39, 0.29) is 11.3 Å². The van der Waals surface area contributed by atoms with E-state index in [0.29, 0.717) is 24.9 Å². The Morgan fingerprint density at radius 1 is 1.15 bits per heavy atom. The van der Waals surface area contributed by atoms with Gasteiger partial charge >= 0.3 is 0 Å². The SMILES string of the molecule is CCC1CCCCC1NC(=O)CC1(CN)CCCCC1. The minimum atomic E-state index is 0.0959. The molecule has 2 aliphatic carbocycles. The average molecular weight is 280 g/mol. The molecule has 3 heteroatoms. The van der Waals surface area contributed by atoms with E-state index in [9.17, 15) is 4.79 Å². The standard InChI is InChI=1S/C17H32N2O/c1-2-14-8-4-5-9-15(14)19-16(20)12-17(13-18)10-6-3-7-11-17/h14-15H,2-13,18H2,1H3,(H,19,20). The van der Waals surface area contributed by atoms with Gasteiger partial charge in [-0.25, -0.2) is 0 Å². The molecule has 2 rings (SSSR count). The molecule has 3 nitrogen and oxygen atoms in total. The molecule has 2 unspecified atom stereocenters. The zero-order valence-electron chi connectivity index (χ0n) is 13.1. The van der Waals surface area contributed by atoms with E-state index in [1.54, 1.807) is 0 Å². The minimum Gasteiger partial charge on any atom is -0.353 e. The van der Waals surface area contributed by atoms with Gasteiger partial charge in [0.05, 0.1) is 0 Å². The Bertz CT molecular complexity index is 310. The fourth-order valence-electron chi connectivity index (χ4n) is 4.24. The molecule has 0 saturated heterocycles.